The number of hydrogen-bond acceptors (Lipinski definition) is 2. The lowest BCUT2D eigenvalue weighted by molar-refractivity contribution is 0.270. The molecule has 0 amide bonds. The van der Waals surface area contributed by atoms with E-state index in [-0.39, 0.29) is 5.41 Å². The van der Waals surface area contributed by atoms with Crippen molar-refractivity contribution in [2.24, 2.45) is 11.1 Å². The molecule has 0 radical (unpaired) electrons. The Morgan fingerprint density at radius 1 is 1.27 bits per heavy atom. The van der Waals surface area contributed by atoms with E-state index in [0.717, 1.165) is 19.5 Å². The Balaban J connectivity index is 3.81. The predicted octanol–water partition coefficient (Wildman–Crippen LogP) is 2.81. The fraction of sp³-hybridized carbons (Fsp3) is 0.917. The van der Waals surface area contributed by atoms with Crippen molar-refractivity contribution in [3.8, 4) is 0 Å². The van der Waals surface area contributed by atoms with Crippen LogP contribution in [0.15, 0.2) is 0 Å². The molecule has 0 heterocycles. The summed E-state index contributed by atoms with van der Waals surface area (Å²) in [5.74, 6) is 0. The first-order valence-corrected chi connectivity index (χ1v) is 6.37. The smallest absolute Gasteiger partial charge is 0.0784 e. The molecule has 0 saturated heterocycles. The van der Waals surface area contributed by atoms with E-state index in [1.165, 1.54) is 19.4 Å². The van der Waals surface area contributed by atoms with Gasteiger partial charge in [0.25, 0.3) is 0 Å². The van der Waals surface area contributed by atoms with Crippen molar-refractivity contribution < 1.29 is 0 Å². The first-order valence-electron chi connectivity index (χ1n) is 5.96. The summed E-state index contributed by atoms with van der Waals surface area (Å²) in [4.78, 5) is 3.12. The van der Waals surface area contributed by atoms with Crippen LogP contribution in [0.1, 0.15) is 47.0 Å². The van der Waals surface area contributed by atoms with Gasteiger partial charge in [0.1, 0.15) is 0 Å². The third-order valence-corrected chi connectivity index (χ3v) is 3.48. The molecule has 0 aliphatic carbocycles. The molecule has 90 valence electrons. The van der Waals surface area contributed by atoms with Gasteiger partial charge < -0.3 is 10.6 Å². The van der Waals surface area contributed by atoms with E-state index in [1.54, 1.807) is 0 Å². The van der Waals surface area contributed by atoms with Crippen LogP contribution in [0, 0.1) is 5.41 Å². The second-order valence-corrected chi connectivity index (χ2v) is 5.23. The quantitative estimate of drug-likeness (QED) is 0.650. The maximum Gasteiger partial charge on any atom is 0.0784 e. The standard InChI is InChI=1S/C12H26N2S/c1-5-9-14(6-2)10-7-8-12(3,4)11(13)15/h5-10H2,1-4H3,(H2,13,15). The van der Waals surface area contributed by atoms with Crippen molar-refractivity contribution in [3.63, 3.8) is 0 Å². The Labute approximate surface area is 100 Å². The molecule has 3 heteroatoms. The van der Waals surface area contributed by atoms with Crippen molar-refractivity contribution in [1.29, 1.82) is 0 Å². The summed E-state index contributed by atoms with van der Waals surface area (Å²) < 4.78 is 0. The fourth-order valence-corrected chi connectivity index (χ4v) is 1.71. The van der Waals surface area contributed by atoms with Crippen LogP contribution in [0.25, 0.3) is 0 Å². The van der Waals surface area contributed by atoms with Gasteiger partial charge in [0.2, 0.25) is 0 Å². The monoisotopic (exact) mass is 230 g/mol. The number of hydrogen-bond donors (Lipinski definition) is 1. The lowest BCUT2D eigenvalue weighted by Crippen LogP contribution is -2.31. The summed E-state index contributed by atoms with van der Waals surface area (Å²) in [7, 11) is 0. The predicted molar refractivity (Wildman–Crippen MR) is 72.2 cm³/mol. The Hall–Kier alpha value is -0.150. The minimum atomic E-state index is 0.0148. The summed E-state index contributed by atoms with van der Waals surface area (Å²) >= 11 is 5.05. The van der Waals surface area contributed by atoms with Crippen LogP contribution in [0.3, 0.4) is 0 Å². The van der Waals surface area contributed by atoms with Crippen LogP contribution in [0.5, 0.6) is 0 Å². The molecule has 2 N–H and O–H groups in total. The van der Waals surface area contributed by atoms with Crippen LogP contribution in [0.2, 0.25) is 0 Å². The second-order valence-electron chi connectivity index (χ2n) is 4.79. The molecule has 0 aromatic carbocycles. The summed E-state index contributed by atoms with van der Waals surface area (Å²) in [5, 5.41) is 0. The zero-order valence-corrected chi connectivity index (χ0v) is 11.5. The molecule has 0 fully saturated rings. The average molecular weight is 230 g/mol. The summed E-state index contributed by atoms with van der Waals surface area (Å²) in [6, 6.07) is 0. The van der Waals surface area contributed by atoms with Gasteiger partial charge in [-0.25, -0.2) is 0 Å². The van der Waals surface area contributed by atoms with Crippen molar-refractivity contribution >= 4 is 17.2 Å². The molecule has 0 saturated carbocycles. The normalized spacial score (nSPS) is 12.1. The topological polar surface area (TPSA) is 29.3 Å². The highest BCUT2D eigenvalue weighted by molar-refractivity contribution is 7.80. The molecule has 0 aromatic heterocycles. The molecule has 0 rings (SSSR count). The maximum absolute atomic E-state index is 5.70. The van der Waals surface area contributed by atoms with Crippen molar-refractivity contribution in [2.45, 2.75) is 47.0 Å². The molecule has 0 aliphatic rings. The molecule has 0 spiro atoms. The number of thiocarbonyl (C=S) groups is 1. The minimum Gasteiger partial charge on any atom is -0.393 e. The van der Waals surface area contributed by atoms with Gasteiger partial charge in [-0.05, 0) is 38.9 Å². The van der Waals surface area contributed by atoms with Gasteiger partial charge in [-0.2, -0.15) is 0 Å². The third-order valence-electron chi connectivity index (χ3n) is 2.93. The SMILES string of the molecule is CCCN(CC)CCCC(C)(C)C(N)=S. The van der Waals surface area contributed by atoms with E-state index in [9.17, 15) is 0 Å². The van der Waals surface area contributed by atoms with Crippen molar-refractivity contribution in [1.82, 2.24) is 4.90 Å². The Morgan fingerprint density at radius 2 is 1.87 bits per heavy atom. The molecule has 2 nitrogen and oxygen atoms in total. The van der Waals surface area contributed by atoms with E-state index in [2.05, 4.69) is 32.6 Å². The maximum atomic E-state index is 5.70. The number of nitrogens with two attached hydrogens (primary N) is 1. The Kier molecular flexibility index (Phi) is 7.11. The Bertz CT molecular complexity index is 190. The highest BCUT2D eigenvalue weighted by Crippen LogP contribution is 2.22. The summed E-state index contributed by atoms with van der Waals surface area (Å²) in [5.41, 5.74) is 5.71. The van der Waals surface area contributed by atoms with Crippen LogP contribution >= 0.6 is 12.2 Å². The summed E-state index contributed by atoms with van der Waals surface area (Å²) in [6.45, 7) is 12.2. The van der Waals surface area contributed by atoms with Gasteiger partial charge in [0.05, 0.1) is 4.99 Å². The average Bonchev–Trinajstić information content (AvgIpc) is 2.16. The number of nitrogens with zero attached hydrogens (tertiary/aromatic N) is 1. The molecule has 0 aliphatic heterocycles. The van der Waals surface area contributed by atoms with E-state index in [1.807, 2.05) is 0 Å². The second kappa shape index (κ2) is 7.18. The van der Waals surface area contributed by atoms with Crippen molar-refractivity contribution in [3.05, 3.63) is 0 Å². The number of rotatable bonds is 8. The molecule has 0 bridgehead atoms. The zero-order valence-electron chi connectivity index (χ0n) is 10.7. The van der Waals surface area contributed by atoms with Gasteiger partial charge in [0, 0.05) is 5.41 Å². The first kappa shape index (κ1) is 14.8. The van der Waals surface area contributed by atoms with Crippen LogP contribution in [0.4, 0.5) is 0 Å². The van der Waals surface area contributed by atoms with E-state index in [0.29, 0.717) is 4.99 Å². The molecule has 0 atom stereocenters. The third kappa shape index (κ3) is 6.10. The highest BCUT2D eigenvalue weighted by Gasteiger charge is 2.20. The molecular weight excluding hydrogens is 204 g/mol. The van der Waals surface area contributed by atoms with E-state index < -0.39 is 0 Å². The van der Waals surface area contributed by atoms with Crippen LogP contribution < -0.4 is 5.73 Å². The van der Waals surface area contributed by atoms with Gasteiger partial charge in [-0.3, -0.25) is 0 Å². The van der Waals surface area contributed by atoms with Gasteiger partial charge in [-0.15, -0.1) is 0 Å². The van der Waals surface area contributed by atoms with Gasteiger partial charge in [0.15, 0.2) is 0 Å². The van der Waals surface area contributed by atoms with Gasteiger partial charge >= 0.3 is 0 Å². The molecule has 0 aromatic rings. The summed E-state index contributed by atoms with van der Waals surface area (Å²) in [6.07, 6.45) is 3.49. The lowest BCUT2D eigenvalue weighted by Gasteiger charge is -2.25. The van der Waals surface area contributed by atoms with Crippen molar-refractivity contribution in [2.75, 3.05) is 19.6 Å². The minimum absolute atomic E-state index is 0.0148. The highest BCUT2D eigenvalue weighted by atomic mass is 32.1. The molecular formula is C12H26N2S. The van der Waals surface area contributed by atoms with E-state index in [4.69, 9.17) is 18.0 Å². The largest absolute Gasteiger partial charge is 0.393 e. The van der Waals surface area contributed by atoms with E-state index >= 15 is 0 Å². The van der Waals surface area contributed by atoms with Crippen LogP contribution in [-0.2, 0) is 0 Å². The van der Waals surface area contributed by atoms with Gasteiger partial charge in [-0.1, -0.05) is 39.9 Å². The Morgan fingerprint density at radius 3 is 2.27 bits per heavy atom. The lowest BCUT2D eigenvalue weighted by atomic mass is 9.88. The molecule has 15 heavy (non-hydrogen) atoms. The van der Waals surface area contributed by atoms with Crippen LogP contribution in [-0.4, -0.2) is 29.5 Å². The first-order chi connectivity index (χ1) is 6.94. The fourth-order valence-electron chi connectivity index (χ4n) is 1.61. The zero-order chi connectivity index (χ0) is 11.9. The molecule has 0 unspecified atom stereocenters.